The number of carbonyl (C=O) groups is 1. The minimum absolute atomic E-state index is 0.0716. The van der Waals surface area contributed by atoms with Crippen LogP contribution in [-0.4, -0.2) is 52.5 Å². The molecular weight excluding hydrogens is 341 g/mol. The molecule has 2 heterocycles. The second kappa shape index (κ2) is 7.61. The van der Waals surface area contributed by atoms with Crippen molar-refractivity contribution in [2.24, 2.45) is 5.41 Å². The lowest BCUT2D eigenvalue weighted by molar-refractivity contribution is -0.149. The Morgan fingerprint density at radius 3 is 2.77 bits per heavy atom. The highest BCUT2D eigenvalue weighted by Crippen LogP contribution is 2.37. The molecule has 1 aromatic heterocycles. The van der Waals surface area contributed by atoms with E-state index >= 15 is 0 Å². The molecule has 2 fully saturated rings. The van der Waals surface area contributed by atoms with E-state index in [4.69, 9.17) is 10.5 Å². The molecule has 9 heteroatoms. The lowest BCUT2D eigenvalue weighted by Crippen LogP contribution is -2.39. The first-order chi connectivity index (χ1) is 12.4. The molecule has 0 bridgehead atoms. The average Bonchev–Trinajstić information content (AvgIpc) is 2.62. The summed E-state index contributed by atoms with van der Waals surface area (Å²) in [5.41, 5.74) is 5.71. The summed E-state index contributed by atoms with van der Waals surface area (Å²) in [5, 5.41) is 15.6. The second-order valence-corrected chi connectivity index (χ2v) is 7.41. The van der Waals surface area contributed by atoms with Crippen molar-refractivity contribution in [2.75, 3.05) is 29.6 Å². The van der Waals surface area contributed by atoms with Crippen LogP contribution in [0, 0.1) is 5.41 Å². The number of hydrogen-bond acceptors (Lipinski definition) is 7. The summed E-state index contributed by atoms with van der Waals surface area (Å²) in [6.45, 7) is 2.36. The Morgan fingerprint density at radius 1 is 1.38 bits per heavy atom. The first kappa shape index (κ1) is 18.6. The standard InChI is InChI=1S/C17H26FN5O3/c1-17(15(24)25)5-2-10(3-6-17)21-14-12(19)8-20-16(23-14)22-13-4-7-26-9-11(13)18/h8,10-11,13H,2-7,9,19H2,1H3,(H,24,25)(H2,20,21,22,23)/t10?,11-,13+,17?/m1/s1. The maximum atomic E-state index is 13.9. The van der Waals surface area contributed by atoms with Gasteiger partial charge in [0.05, 0.1) is 29.9 Å². The van der Waals surface area contributed by atoms with E-state index in [0.717, 1.165) is 12.8 Å². The predicted molar refractivity (Wildman–Crippen MR) is 95.8 cm³/mol. The molecule has 1 aliphatic carbocycles. The Balaban J connectivity index is 1.62. The molecule has 1 saturated heterocycles. The number of rotatable bonds is 5. The quantitative estimate of drug-likeness (QED) is 0.624. The molecule has 8 nitrogen and oxygen atoms in total. The van der Waals surface area contributed by atoms with Gasteiger partial charge in [-0.05, 0) is 39.0 Å². The Morgan fingerprint density at radius 2 is 2.12 bits per heavy atom. The number of carboxylic acids is 1. The van der Waals surface area contributed by atoms with Crippen molar-refractivity contribution in [3.05, 3.63) is 6.20 Å². The van der Waals surface area contributed by atoms with Crippen molar-refractivity contribution in [3.63, 3.8) is 0 Å². The van der Waals surface area contributed by atoms with Gasteiger partial charge in [0.1, 0.15) is 6.17 Å². The summed E-state index contributed by atoms with van der Waals surface area (Å²) < 4.78 is 19.0. The van der Waals surface area contributed by atoms with E-state index in [1.54, 1.807) is 6.92 Å². The van der Waals surface area contributed by atoms with Crippen molar-refractivity contribution in [2.45, 2.75) is 57.3 Å². The van der Waals surface area contributed by atoms with Crippen LogP contribution in [0.5, 0.6) is 0 Å². The molecule has 0 unspecified atom stereocenters. The van der Waals surface area contributed by atoms with E-state index in [2.05, 4.69) is 20.6 Å². The number of ether oxygens (including phenoxy) is 1. The van der Waals surface area contributed by atoms with Gasteiger partial charge in [-0.25, -0.2) is 9.37 Å². The fourth-order valence-corrected chi connectivity index (χ4v) is 3.41. The van der Waals surface area contributed by atoms with Gasteiger partial charge >= 0.3 is 5.97 Å². The van der Waals surface area contributed by atoms with Gasteiger partial charge in [0, 0.05) is 12.6 Å². The largest absolute Gasteiger partial charge is 0.481 e. The smallest absolute Gasteiger partial charge is 0.309 e. The van der Waals surface area contributed by atoms with Crippen LogP contribution < -0.4 is 16.4 Å². The first-order valence-corrected chi connectivity index (χ1v) is 8.98. The highest BCUT2D eigenvalue weighted by Gasteiger charge is 2.37. The molecule has 2 atom stereocenters. The molecule has 1 aliphatic heterocycles. The van der Waals surface area contributed by atoms with Crippen molar-refractivity contribution in [1.82, 2.24) is 9.97 Å². The summed E-state index contributed by atoms with van der Waals surface area (Å²) in [7, 11) is 0. The highest BCUT2D eigenvalue weighted by atomic mass is 19.1. The number of nitrogens with zero attached hydrogens (tertiary/aromatic N) is 2. The minimum Gasteiger partial charge on any atom is -0.481 e. The molecule has 26 heavy (non-hydrogen) atoms. The van der Waals surface area contributed by atoms with Gasteiger partial charge in [-0.1, -0.05) is 0 Å². The number of aromatic nitrogens is 2. The van der Waals surface area contributed by atoms with E-state index in [9.17, 15) is 14.3 Å². The zero-order valence-electron chi connectivity index (χ0n) is 14.9. The van der Waals surface area contributed by atoms with Crippen LogP contribution in [0.4, 0.5) is 21.8 Å². The molecule has 0 spiro atoms. The van der Waals surface area contributed by atoms with Gasteiger partial charge in [0.25, 0.3) is 0 Å². The topological polar surface area (TPSA) is 122 Å². The van der Waals surface area contributed by atoms with Gasteiger partial charge < -0.3 is 26.2 Å². The molecule has 0 radical (unpaired) electrons. The van der Waals surface area contributed by atoms with Crippen LogP contribution in [0.3, 0.4) is 0 Å². The molecule has 1 aromatic rings. The van der Waals surface area contributed by atoms with E-state index in [0.29, 0.717) is 43.3 Å². The van der Waals surface area contributed by atoms with Crippen LogP contribution >= 0.6 is 0 Å². The van der Waals surface area contributed by atoms with E-state index in [-0.39, 0.29) is 18.7 Å². The highest BCUT2D eigenvalue weighted by molar-refractivity contribution is 5.74. The van der Waals surface area contributed by atoms with Gasteiger partial charge in [0.2, 0.25) is 5.95 Å². The Kier molecular flexibility index (Phi) is 5.45. The molecular formula is C17H26FN5O3. The lowest BCUT2D eigenvalue weighted by atomic mass is 9.74. The van der Waals surface area contributed by atoms with Crippen LogP contribution in [-0.2, 0) is 9.53 Å². The predicted octanol–water partition coefficient (Wildman–Crippen LogP) is 2.04. The Labute approximate surface area is 151 Å². The summed E-state index contributed by atoms with van der Waals surface area (Å²) in [4.78, 5) is 19.9. The van der Waals surface area contributed by atoms with Crippen molar-refractivity contribution in [3.8, 4) is 0 Å². The third-order valence-electron chi connectivity index (χ3n) is 5.36. The van der Waals surface area contributed by atoms with Gasteiger partial charge in [-0.3, -0.25) is 4.79 Å². The van der Waals surface area contributed by atoms with Crippen molar-refractivity contribution < 1.29 is 19.0 Å². The minimum atomic E-state index is -1.10. The van der Waals surface area contributed by atoms with Crippen molar-refractivity contribution >= 4 is 23.4 Å². The SMILES string of the molecule is CC1(C(=O)O)CCC(Nc2nc(N[C@H]3CCOC[C@H]3F)ncc2N)CC1. The summed E-state index contributed by atoms with van der Waals surface area (Å²) in [6.07, 6.45) is 3.59. The molecule has 1 saturated carbocycles. The zero-order chi connectivity index (χ0) is 18.7. The van der Waals surface area contributed by atoms with Gasteiger partial charge in [-0.2, -0.15) is 4.98 Å². The number of alkyl halides is 1. The molecule has 0 amide bonds. The summed E-state index contributed by atoms with van der Waals surface area (Å²) in [5.74, 6) is 0.0672. The van der Waals surface area contributed by atoms with Crippen LogP contribution in [0.1, 0.15) is 39.0 Å². The van der Waals surface area contributed by atoms with E-state index in [1.165, 1.54) is 6.20 Å². The molecule has 144 valence electrons. The van der Waals surface area contributed by atoms with Crippen LogP contribution in [0.2, 0.25) is 0 Å². The second-order valence-electron chi connectivity index (χ2n) is 7.41. The number of anilines is 3. The lowest BCUT2D eigenvalue weighted by Gasteiger charge is -2.34. The normalized spacial score (nSPS) is 32.0. The first-order valence-electron chi connectivity index (χ1n) is 8.98. The molecule has 2 aliphatic rings. The number of nitrogens with one attached hydrogen (secondary N) is 2. The van der Waals surface area contributed by atoms with E-state index in [1.807, 2.05) is 0 Å². The van der Waals surface area contributed by atoms with Crippen molar-refractivity contribution in [1.29, 1.82) is 0 Å². The van der Waals surface area contributed by atoms with Gasteiger partial charge in [-0.15, -0.1) is 0 Å². The number of hydrogen-bond donors (Lipinski definition) is 4. The third-order valence-corrected chi connectivity index (χ3v) is 5.36. The number of carboxylic acid groups (broad SMARTS) is 1. The fourth-order valence-electron chi connectivity index (χ4n) is 3.41. The molecule has 5 N–H and O–H groups in total. The number of nitrogen functional groups attached to an aromatic ring is 1. The number of aliphatic carboxylic acids is 1. The number of nitrogens with two attached hydrogens (primary N) is 1. The maximum Gasteiger partial charge on any atom is 0.309 e. The Hall–Kier alpha value is -2.16. The van der Waals surface area contributed by atoms with Crippen LogP contribution in [0.25, 0.3) is 0 Å². The Bertz CT molecular complexity index is 651. The average molecular weight is 367 g/mol. The molecule has 3 rings (SSSR count). The fraction of sp³-hybridized carbons (Fsp3) is 0.706. The zero-order valence-corrected chi connectivity index (χ0v) is 14.9. The molecule has 0 aromatic carbocycles. The van der Waals surface area contributed by atoms with Gasteiger partial charge in [0.15, 0.2) is 5.82 Å². The maximum absolute atomic E-state index is 13.9. The van der Waals surface area contributed by atoms with E-state index < -0.39 is 17.6 Å². The summed E-state index contributed by atoms with van der Waals surface area (Å²) in [6, 6.07) is -0.282. The summed E-state index contributed by atoms with van der Waals surface area (Å²) >= 11 is 0. The van der Waals surface area contributed by atoms with Crippen LogP contribution in [0.15, 0.2) is 6.20 Å². The monoisotopic (exact) mass is 367 g/mol. The third kappa shape index (κ3) is 4.14. The number of halogens is 1.